The zero-order chi connectivity index (χ0) is 13.6. The third-order valence-electron chi connectivity index (χ3n) is 1.81. The number of H-pyrrole nitrogens is 1. The van der Waals surface area contributed by atoms with E-state index in [0.717, 1.165) is 6.07 Å². The molecule has 1 N–H and O–H groups in total. The van der Waals surface area contributed by atoms with E-state index < -0.39 is 28.4 Å². The minimum atomic E-state index is -4.40. The quantitative estimate of drug-likeness (QED) is 0.676. The average molecular weight is 479 g/mol. The number of alkyl halides is 3. The summed E-state index contributed by atoms with van der Waals surface area (Å²) in [5, 5.41) is 5.47. The Labute approximate surface area is 117 Å². The van der Waals surface area contributed by atoms with Crippen LogP contribution in [0.1, 0.15) is 5.69 Å². The molecule has 0 saturated heterocycles. The van der Waals surface area contributed by atoms with Gasteiger partial charge in [0.05, 0.1) is 5.69 Å². The number of aromatic amines is 1. The van der Waals surface area contributed by atoms with Gasteiger partial charge in [-0.15, -0.1) is 0 Å². The second-order valence-corrected chi connectivity index (χ2v) is 6.21. The SMILES string of the molecule is FC(F)(F)c1cc(-c2ccccn2)n[nH]1.[Cl][Pt][Cl]. The van der Waals surface area contributed by atoms with Crippen molar-refractivity contribution >= 4 is 18.8 Å². The van der Waals surface area contributed by atoms with Gasteiger partial charge in [-0.25, -0.2) is 0 Å². The summed E-state index contributed by atoms with van der Waals surface area (Å²) in [7, 11) is 9.75. The molecule has 0 saturated carbocycles. The predicted molar refractivity (Wildman–Crippen MR) is 58.5 cm³/mol. The Balaban J connectivity index is 0.000000492. The first kappa shape index (κ1) is 15.5. The van der Waals surface area contributed by atoms with E-state index in [2.05, 4.69) is 10.1 Å². The second-order valence-electron chi connectivity index (χ2n) is 2.92. The van der Waals surface area contributed by atoms with Gasteiger partial charge in [-0.2, -0.15) is 18.3 Å². The molecule has 2 heterocycles. The monoisotopic (exact) mass is 478 g/mol. The summed E-state index contributed by atoms with van der Waals surface area (Å²) in [6, 6.07) is 5.89. The van der Waals surface area contributed by atoms with Crippen molar-refractivity contribution in [3.05, 3.63) is 36.2 Å². The van der Waals surface area contributed by atoms with Crippen LogP contribution >= 0.6 is 18.8 Å². The van der Waals surface area contributed by atoms with Gasteiger partial charge in [0.2, 0.25) is 0 Å². The number of nitrogens with one attached hydrogen (secondary N) is 1. The third kappa shape index (κ3) is 4.59. The zero-order valence-electron chi connectivity index (χ0n) is 8.49. The first-order chi connectivity index (χ1) is 8.49. The van der Waals surface area contributed by atoms with E-state index in [4.69, 9.17) is 18.8 Å². The van der Waals surface area contributed by atoms with Crippen LogP contribution in [0, 0.1) is 0 Å². The summed E-state index contributed by atoms with van der Waals surface area (Å²) in [4.78, 5) is 3.89. The Bertz CT molecular complexity index is 475. The topological polar surface area (TPSA) is 41.6 Å². The Morgan fingerprint density at radius 3 is 2.28 bits per heavy atom. The van der Waals surface area contributed by atoms with Gasteiger partial charge in [0.1, 0.15) is 11.4 Å². The van der Waals surface area contributed by atoms with Crippen molar-refractivity contribution < 1.29 is 29.7 Å². The van der Waals surface area contributed by atoms with E-state index in [1.54, 1.807) is 18.2 Å². The number of rotatable bonds is 1. The van der Waals surface area contributed by atoms with Crippen LogP contribution in [0.3, 0.4) is 0 Å². The van der Waals surface area contributed by atoms with E-state index in [9.17, 15) is 13.2 Å². The van der Waals surface area contributed by atoms with Gasteiger partial charge in [-0.1, -0.05) is 6.07 Å². The van der Waals surface area contributed by atoms with Crippen LogP contribution in [-0.2, 0) is 22.7 Å². The Morgan fingerprint density at radius 2 is 1.83 bits per heavy atom. The van der Waals surface area contributed by atoms with Gasteiger partial charge in [0.25, 0.3) is 0 Å². The molecule has 2 aromatic heterocycles. The fourth-order valence-corrected chi connectivity index (χ4v) is 1.11. The van der Waals surface area contributed by atoms with Gasteiger partial charge in [0.15, 0.2) is 0 Å². The van der Waals surface area contributed by atoms with Gasteiger partial charge in [-0.3, -0.25) is 10.1 Å². The molecule has 2 aromatic rings. The van der Waals surface area contributed by atoms with Gasteiger partial charge >= 0.3 is 41.5 Å². The number of hydrogen-bond acceptors (Lipinski definition) is 2. The molecule has 0 aliphatic rings. The Kier molecular flexibility index (Phi) is 6.12. The van der Waals surface area contributed by atoms with Crippen molar-refractivity contribution in [2.45, 2.75) is 6.18 Å². The summed E-state index contributed by atoms with van der Waals surface area (Å²) in [6.45, 7) is 0. The molecule has 9 heteroatoms. The molecule has 0 aliphatic heterocycles. The van der Waals surface area contributed by atoms with Crippen molar-refractivity contribution in [3.8, 4) is 11.4 Å². The van der Waals surface area contributed by atoms with Gasteiger partial charge in [-0.05, 0) is 18.2 Å². The van der Waals surface area contributed by atoms with E-state index >= 15 is 0 Å². The number of aromatic nitrogens is 3. The molecule has 2 rings (SSSR count). The number of pyridine rings is 1. The van der Waals surface area contributed by atoms with E-state index in [1.807, 2.05) is 5.10 Å². The molecule has 0 amide bonds. The van der Waals surface area contributed by atoms with Crippen LogP contribution in [0.15, 0.2) is 30.5 Å². The normalized spacial score (nSPS) is 10.9. The first-order valence-corrected chi connectivity index (χ1v) is 9.98. The van der Waals surface area contributed by atoms with Crippen molar-refractivity contribution in [1.82, 2.24) is 15.2 Å². The van der Waals surface area contributed by atoms with Crippen molar-refractivity contribution in [1.29, 1.82) is 0 Å². The molecule has 0 atom stereocenters. The summed E-state index contributed by atoms with van der Waals surface area (Å²) < 4.78 is 36.7. The fraction of sp³-hybridized carbons (Fsp3) is 0.111. The standard InChI is InChI=1S/C9H6F3N3.2ClH.Pt/c10-9(11,12)8-5-7(14-15-8)6-3-1-2-4-13-6;;;/h1-5H,(H,14,15);2*1H;/q;;;+2/p-2. The van der Waals surface area contributed by atoms with Gasteiger partial charge in [0, 0.05) is 6.20 Å². The molecule has 0 bridgehead atoms. The third-order valence-corrected chi connectivity index (χ3v) is 1.81. The van der Waals surface area contributed by atoms with Crippen LogP contribution < -0.4 is 0 Å². The second kappa shape index (κ2) is 7.12. The number of hydrogen-bond donors (Lipinski definition) is 1. The molecular weight excluding hydrogens is 473 g/mol. The zero-order valence-corrected chi connectivity index (χ0v) is 12.3. The van der Waals surface area contributed by atoms with Crippen molar-refractivity contribution in [2.24, 2.45) is 0 Å². The van der Waals surface area contributed by atoms with Crippen LogP contribution in [0.4, 0.5) is 13.2 Å². The van der Waals surface area contributed by atoms with Gasteiger partial charge < -0.3 is 0 Å². The summed E-state index contributed by atoms with van der Waals surface area (Å²) >= 11 is -0.472. The number of nitrogens with zero attached hydrogens (tertiary/aromatic N) is 2. The molecule has 18 heavy (non-hydrogen) atoms. The Hall–Kier alpha value is -0.582. The van der Waals surface area contributed by atoms with Crippen LogP contribution in [0.5, 0.6) is 0 Å². The molecule has 0 spiro atoms. The fourth-order valence-electron chi connectivity index (χ4n) is 1.11. The molecule has 0 aromatic carbocycles. The van der Waals surface area contributed by atoms with Crippen LogP contribution in [0.2, 0.25) is 0 Å². The molecule has 0 fully saturated rings. The molecule has 102 valence electrons. The predicted octanol–water partition coefficient (Wildman–Crippen LogP) is 3.87. The molecule has 0 unspecified atom stereocenters. The van der Waals surface area contributed by atoms with E-state index in [-0.39, 0.29) is 5.69 Å². The minimum absolute atomic E-state index is 0.183. The van der Waals surface area contributed by atoms with E-state index in [0.29, 0.717) is 5.69 Å². The average Bonchev–Trinajstić information content (AvgIpc) is 2.80. The molecule has 3 nitrogen and oxygen atoms in total. The Morgan fingerprint density at radius 1 is 1.17 bits per heavy atom. The molecule has 0 aliphatic carbocycles. The summed E-state index contributed by atoms with van der Waals surface area (Å²) in [6.07, 6.45) is -2.91. The van der Waals surface area contributed by atoms with E-state index in [1.165, 1.54) is 6.20 Å². The summed E-state index contributed by atoms with van der Waals surface area (Å²) in [5.41, 5.74) is -0.282. The van der Waals surface area contributed by atoms with Crippen LogP contribution in [0.25, 0.3) is 11.4 Å². The summed E-state index contributed by atoms with van der Waals surface area (Å²) in [5.74, 6) is 0. The molecular formula is C9H6Cl2F3N3Pt. The molecule has 0 radical (unpaired) electrons. The van der Waals surface area contributed by atoms with Crippen molar-refractivity contribution in [2.75, 3.05) is 0 Å². The maximum absolute atomic E-state index is 12.2. The maximum atomic E-state index is 12.2. The first-order valence-electron chi connectivity index (χ1n) is 4.35. The van der Waals surface area contributed by atoms with Crippen LogP contribution in [-0.4, -0.2) is 15.2 Å². The number of halogens is 5. The van der Waals surface area contributed by atoms with Crippen molar-refractivity contribution in [3.63, 3.8) is 0 Å².